The van der Waals surface area contributed by atoms with E-state index in [9.17, 15) is 4.79 Å². The minimum Gasteiger partial charge on any atom is -0.348 e. The van der Waals surface area contributed by atoms with Crippen LogP contribution in [0.25, 0.3) is 0 Å². The second kappa shape index (κ2) is 5.90. The van der Waals surface area contributed by atoms with Crippen molar-refractivity contribution >= 4 is 5.78 Å². The summed E-state index contributed by atoms with van der Waals surface area (Å²) in [4.78, 5) is 11.8. The Balaban J connectivity index is 0.00000112. The molecule has 2 rings (SSSR count). The summed E-state index contributed by atoms with van der Waals surface area (Å²) < 4.78 is 0. The molecule has 2 heteroatoms. The van der Waals surface area contributed by atoms with Gasteiger partial charge in [0.05, 0.1) is 5.78 Å². The number of benzene rings is 2. The van der Waals surface area contributed by atoms with E-state index in [-0.39, 0.29) is 36.9 Å². The fourth-order valence-electron chi connectivity index (χ4n) is 1.21. The van der Waals surface area contributed by atoms with E-state index in [4.69, 9.17) is 0 Å². The number of hydrogen-bond donors (Lipinski definition) is 0. The largest absolute Gasteiger partial charge is 2.00 e. The first-order chi connectivity index (χ1) is 6.88. The Morgan fingerprint density at radius 3 is 1.67 bits per heavy atom. The van der Waals surface area contributed by atoms with Crippen molar-refractivity contribution < 1.29 is 35.9 Å². The molecular weight excluding hydrogens is 410 g/mol. The zero-order chi connectivity index (χ0) is 9.80. The maximum atomic E-state index is 11.8. The van der Waals surface area contributed by atoms with E-state index in [1.54, 1.807) is 24.3 Å². The monoisotopic (exact) mass is 418 g/mol. The van der Waals surface area contributed by atoms with Crippen molar-refractivity contribution in [1.82, 2.24) is 0 Å². The fourth-order valence-corrected chi connectivity index (χ4v) is 1.21. The van der Waals surface area contributed by atoms with Gasteiger partial charge in [-0.2, -0.15) is 0 Å². The van der Waals surface area contributed by atoms with Gasteiger partial charge in [0.15, 0.2) is 0 Å². The van der Waals surface area contributed by atoms with E-state index >= 15 is 0 Å². The van der Waals surface area contributed by atoms with Gasteiger partial charge in [0.1, 0.15) is 0 Å². The van der Waals surface area contributed by atoms with Gasteiger partial charge in [-0.25, -0.2) is 0 Å². The molecule has 2 aromatic carbocycles. The van der Waals surface area contributed by atoms with Crippen LogP contribution in [0.1, 0.15) is 15.9 Å². The molecule has 0 spiro atoms. The van der Waals surface area contributed by atoms with Gasteiger partial charge in [-0.3, -0.25) is 0 Å². The summed E-state index contributed by atoms with van der Waals surface area (Å²) in [7, 11) is 0. The second-order valence-electron chi connectivity index (χ2n) is 2.88. The van der Waals surface area contributed by atoms with Crippen molar-refractivity contribution in [3.63, 3.8) is 0 Å². The molecular formula is C13H8OU. The number of ketones is 1. The third-order valence-electron chi connectivity index (χ3n) is 1.91. The first kappa shape index (κ1) is 12.2. The van der Waals surface area contributed by atoms with Crippen molar-refractivity contribution in [2.24, 2.45) is 0 Å². The first-order valence-electron chi connectivity index (χ1n) is 4.36. The molecule has 0 atom stereocenters. The maximum absolute atomic E-state index is 11.8. The van der Waals surface area contributed by atoms with E-state index in [0.717, 1.165) is 0 Å². The molecule has 0 saturated heterocycles. The van der Waals surface area contributed by atoms with Crippen LogP contribution >= 0.6 is 0 Å². The number of carbonyl (C=O) groups is 1. The minimum absolute atomic E-state index is 0. The van der Waals surface area contributed by atoms with Crippen LogP contribution in [-0.4, -0.2) is 5.78 Å². The molecule has 0 N–H and O–H groups in total. The Morgan fingerprint density at radius 2 is 1.33 bits per heavy atom. The number of rotatable bonds is 2. The standard InChI is InChI=1S/C13H8O.U/c14-13(11-7-3-1-4-8-11)12-9-5-2-6-10-12;/h1-7,9H;/q-2;+2. The topological polar surface area (TPSA) is 17.1 Å². The van der Waals surface area contributed by atoms with Crippen LogP contribution in [0.2, 0.25) is 0 Å². The second-order valence-corrected chi connectivity index (χ2v) is 2.88. The third-order valence-corrected chi connectivity index (χ3v) is 1.91. The van der Waals surface area contributed by atoms with E-state index in [2.05, 4.69) is 12.1 Å². The fraction of sp³-hybridized carbons (Fsp3) is 0. The molecule has 70 valence electrons. The van der Waals surface area contributed by atoms with E-state index in [1.807, 2.05) is 24.3 Å². The van der Waals surface area contributed by atoms with Gasteiger partial charge in [0, 0.05) is 0 Å². The van der Waals surface area contributed by atoms with Crippen LogP contribution in [0.4, 0.5) is 0 Å². The van der Waals surface area contributed by atoms with Crippen molar-refractivity contribution in [1.29, 1.82) is 0 Å². The summed E-state index contributed by atoms with van der Waals surface area (Å²) in [6.07, 6.45) is 0. The van der Waals surface area contributed by atoms with Crippen LogP contribution in [-0.2, 0) is 0 Å². The van der Waals surface area contributed by atoms with Crippen LogP contribution in [0.5, 0.6) is 0 Å². The van der Waals surface area contributed by atoms with Crippen LogP contribution in [0.15, 0.2) is 48.5 Å². The van der Waals surface area contributed by atoms with Crippen LogP contribution in [0, 0.1) is 43.2 Å². The maximum Gasteiger partial charge on any atom is 2.00 e. The molecule has 15 heavy (non-hydrogen) atoms. The number of hydrogen-bond acceptors (Lipinski definition) is 1. The minimum atomic E-state index is -0.0359. The van der Waals surface area contributed by atoms with Crippen LogP contribution in [0.3, 0.4) is 0 Å². The summed E-state index contributed by atoms with van der Waals surface area (Å²) in [5.41, 5.74) is 1.16. The Kier molecular flexibility index (Phi) is 4.81. The van der Waals surface area contributed by atoms with Crippen LogP contribution < -0.4 is 0 Å². The van der Waals surface area contributed by atoms with Gasteiger partial charge < -0.3 is 4.79 Å². The van der Waals surface area contributed by atoms with Gasteiger partial charge in [-0.15, -0.1) is 71.8 Å². The molecule has 0 bridgehead atoms. The van der Waals surface area contributed by atoms with Gasteiger partial charge in [-0.05, 0) is 0 Å². The predicted octanol–water partition coefficient (Wildman–Crippen LogP) is 2.52. The smallest absolute Gasteiger partial charge is 0.348 e. The summed E-state index contributed by atoms with van der Waals surface area (Å²) >= 11 is 0. The first-order valence-corrected chi connectivity index (χ1v) is 4.36. The van der Waals surface area contributed by atoms with Gasteiger partial charge in [0.25, 0.3) is 0 Å². The Labute approximate surface area is 113 Å². The average molecular weight is 418 g/mol. The van der Waals surface area contributed by atoms with Gasteiger partial charge >= 0.3 is 31.1 Å². The summed E-state index contributed by atoms with van der Waals surface area (Å²) in [5.74, 6) is -0.0359. The summed E-state index contributed by atoms with van der Waals surface area (Å²) in [6, 6.07) is 20.1. The van der Waals surface area contributed by atoms with E-state index in [1.165, 1.54) is 0 Å². The predicted molar refractivity (Wildman–Crippen MR) is 54.0 cm³/mol. The SMILES string of the molecule is O=C(c1[c-]cccc1)c1[c-]cccc1.[U+2]. The zero-order valence-electron chi connectivity index (χ0n) is 8.03. The van der Waals surface area contributed by atoms with Crippen molar-refractivity contribution in [2.45, 2.75) is 0 Å². The molecule has 0 saturated carbocycles. The molecule has 0 heterocycles. The molecule has 0 radical (unpaired) electrons. The van der Waals surface area contributed by atoms with E-state index in [0.29, 0.717) is 11.1 Å². The summed E-state index contributed by atoms with van der Waals surface area (Å²) in [5, 5.41) is 0. The quantitative estimate of drug-likeness (QED) is 0.542. The molecule has 0 fully saturated rings. The van der Waals surface area contributed by atoms with Gasteiger partial charge in [0.2, 0.25) is 0 Å². The summed E-state index contributed by atoms with van der Waals surface area (Å²) in [6.45, 7) is 0. The average Bonchev–Trinajstić information content (AvgIpc) is 2.30. The molecule has 0 aliphatic rings. The van der Waals surface area contributed by atoms with Crippen molar-refractivity contribution in [2.75, 3.05) is 0 Å². The Bertz CT molecular complexity index is 381. The third kappa shape index (κ3) is 3.06. The molecule has 0 aliphatic heterocycles. The van der Waals surface area contributed by atoms with E-state index < -0.39 is 0 Å². The van der Waals surface area contributed by atoms with Crippen molar-refractivity contribution in [3.05, 3.63) is 71.8 Å². The molecule has 0 aliphatic carbocycles. The Morgan fingerprint density at radius 1 is 0.867 bits per heavy atom. The molecule has 0 unspecified atom stereocenters. The molecule has 1 nitrogen and oxygen atoms in total. The zero-order valence-corrected chi connectivity index (χ0v) is 12.2. The number of carbonyl (C=O) groups excluding carboxylic acids is 1. The van der Waals surface area contributed by atoms with Crippen molar-refractivity contribution in [3.8, 4) is 0 Å². The molecule has 0 amide bonds. The van der Waals surface area contributed by atoms with Gasteiger partial charge in [-0.1, -0.05) is 0 Å². The Hall–Kier alpha value is -0.838. The normalized spacial score (nSPS) is 9.07. The molecule has 2 aromatic rings. The molecule has 0 aromatic heterocycles.